The highest BCUT2D eigenvalue weighted by molar-refractivity contribution is 5.87. The number of hydrogen-bond acceptors (Lipinski definition) is 4. The smallest absolute Gasteiger partial charge is 0.203 e. The first-order valence-electron chi connectivity index (χ1n) is 10.7. The van der Waals surface area contributed by atoms with Crippen molar-refractivity contribution in [1.29, 1.82) is 0 Å². The molecule has 0 aliphatic heterocycles. The average Bonchev–Trinajstić information content (AvgIpc) is 2.79. The van der Waals surface area contributed by atoms with Gasteiger partial charge in [-0.05, 0) is 64.2 Å². The van der Waals surface area contributed by atoms with E-state index < -0.39 is 0 Å². The van der Waals surface area contributed by atoms with Crippen LogP contribution in [0.3, 0.4) is 0 Å². The quantitative estimate of drug-likeness (QED) is 0.417. The number of nitrogens with zero attached hydrogens (tertiary/aromatic N) is 1. The van der Waals surface area contributed by atoms with Crippen LogP contribution in [0.15, 0.2) is 54.7 Å². The van der Waals surface area contributed by atoms with Gasteiger partial charge in [-0.2, -0.15) is 0 Å². The van der Waals surface area contributed by atoms with E-state index in [1.54, 1.807) is 21.3 Å². The molecular weight excluding hydrogens is 386 g/mol. The number of fused-ring (bicyclic) bond motifs is 1. The molecule has 164 valence electrons. The van der Waals surface area contributed by atoms with Crippen molar-refractivity contribution in [2.75, 3.05) is 34.9 Å². The maximum absolute atomic E-state index is 5.45. The van der Waals surface area contributed by atoms with E-state index in [-0.39, 0.29) is 0 Å². The van der Waals surface area contributed by atoms with Gasteiger partial charge in [-0.1, -0.05) is 50.2 Å². The molecule has 0 unspecified atom stereocenters. The summed E-state index contributed by atoms with van der Waals surface area (Å²) < 4.78 is 16.3. The fourth-order valence-electron chi connectivity index (χ4n) is 4.02. The number of ether oxygens (including phenoxy) is 3. The molecule has 0 heterocycles. The van der Waals surface area contributed by atoms with Crippen LogP contribution in [0.1, 0.15) is 36.5 Å². The Morgan fingerprint density at radius 2 is 1.58 bits per heavy atom. The molecule has 3 aromatic carbocycles. The zero-order valence-corrected chi connectivity index (χ0v) is 19.4. The molecule has 0 spiro atoms. The van der Waals surface area contributed by atoms with Crippen molar-refractivity contribution in [3.05, 3.63) is 71.4 Å². The molecule has 0 atom stereocenters. The SMILES string of the molecule is COc1cc(C=CN(C)CCc2ccc3ccccc3c2C(C)C)cc(OC)c1OC. The summed E-state index contributed by atoms with van der Waals surface area (Å²) in [5.74, 6) is 2.40. The summed E-state index contributed by atoms with van der Waals surface area (Å²) >= 11 is 0. The van der Waals surface area contributed by atoms with E-state index in [0.717, 1.165) is 18.5 Å². The van der Waals surface area contributed by atoms with Crippen LogP contribution in [0.5, 0.6) is 17.2 Å². The maximum Gasteiger partial charge on any atom is 0.203 e. The van der Waals surface area contributed by atoms with Gasteiger partial charge < -0.3 is 19.1 Å². The first kappa shape index (κ1) is 22.5. The van der Waals surface area contributed by atoms with E-state index in [9.17, 15) is 0 Å². The lowest BCUT2D eigenvalue weighted by Gasteiger charge is -2.19. The minimum absolute atomic E-state index is 0.487. The Bertz CT molecular complexity index is 1030. The Morgan fingerprint density at radius 3 is 2.19 bits per heavy atom. The molecule has 0 saturated carbocycles. The fraction of sp³-hybridized carbons (Fsp3) is 0.333. The van der Waals surface area contributed by atoms with E-state index in [4.69, 9.17) is 14.2 Å². The third-order valence-electron chi connectivity index (χ3n) is 5.58. The molecule has 4 heteroatoms. The van der Waals surface area contributed by atoms with E-state index in [1.807, 2.05) is 12.1 Å². The van der Waals surface area contributed by atoms with Gasteiger partial charge in [0.1, 0.15) is 0 Å². The molecule has 0 fully saturated rings. The van der Waals surface area contributed by atoms with E-state index in [2.05, 4.69) is 74.5 Å². The van der Waals surface area contributed by atoms with Gasteiger partial charge in [0, 0.05) is 13.6 Å². The summed E-state index contributed by atoms with van der Waals surface area (Å²) in [5, 5.41) is 2.68. The first-order chi connectivity index (χ1) is 15.0. The van der Waals surface area contributed by atoms with Crippen LogP contribution < -0.4 is 14.2 Å². The summed E-state index contributed by atoms with van der Waals surface area (Å²) in [4.78, 5) is 2.21. The van der Waals surface area contributed by atoms with Gasteiger partial charge in [-0.15, -0.1) is 0 Å². The average molecular weight is 420 g/mol. The van der Waals surface area contributed by atoms with Crippen LogP contribution in [0.25, 0.3) is 16.8 Å². The summed E-state index contributed by atoms with van der Waals surface area (Å²) in [7, 11) is 6.98. The molecule has 0 bridgehead atoms. The van der Waals surface area contributed by atoms with Gasteiger partial charge in [0.2, 0.25) is 5.75 Å². The first-order valence-corrected chi connectivity index (χ1v) is 10.7. The molecule has 31 heavy (non-hydrogen) atoms. The third-order valence-corrected chi connectivity index (χ3v) is 5.58. The van der Waals surface area contributed by atoms with Crippen LogP contribution in [-0.2, 0) is 6.42 Å². The van der Waals surface area contributed by atoms with Crippen molar-refractivity contribution in [3.8, 4) is 17.2 Å². The summed E-state index contributed by atoms with van der Waals surface area (Å²) in [5.41, 5.74) is 3.87. The molecule has 0 radical (unpaired) electrons. The van der Waals surface area contributed by atoms with Crippen molar-refractivity contribution in [2.24, 2.45) is 0 Å². The Morgan fingerprint density at radius 1 is 0.903 bits per heavy atom. The number of methoxy groups -OCH3 is 3. The maximum atomic E-state index is 5.45. The normalized spacial score (nSPS) is 11.3. The van der Waals surface area contributed by atoms with Crippen LogP contribution in [0, 0.1) is 0 Å². The third kappa shape index (κ3) is 5.13. The molecule has 0 amide bonds. The lowest BCUT2D eigenvalue weighted by molar-refractivity contribution is 0.324. The van der Waals surface area contributed by atoms with Crippen molar-refractivity contribution in [3.63, 3.8) is 0 Å². The highest BCUT2D eigenvalue weighted by Crippen LogP contribution is 2.38. The van der Waals surface area contributed by atoms with Gasteiger partial charge in [-0.3, -0.25) is 0 Å². The van der Waals surface area contributed by atoms with Crippen molar-refractivity contribution in [2.45, 2.75) is 26.2 Å². The Labute approximate surface area is 186 Å². The van der Waals surface area contributed by atoms with Gasteiger partial charge in [0.25, 0.3) is 0 Å². The number of likely N-dealkylation sites (N-methyl/N-ethyl adjacent to an activating group) is 1. The molecule has 0 saturated heterocycles. The predicted octanol–water partition coefficient (Wildman–Crippen LogP) is 6.13. The zero-order chi connectivity index (χ0) is 22.4. The molecule has 3 rings (SSSR count). The molecule has 0 N–H and O–H groups in total. The number of benzene rings is 3. The summed E-state index contributed by atoms with van der Waals surface area (Å²) in [6, 6.07) is 17.1. The minimum atomic E-state index is 0.487. The molecule has 0 aromatic heterocycles. The van der Waals surface area contributed by atoms with Crippen LogP contribution in [-0.4, -0.2) is 39.8 Å². The zero-order valence-electron chi connectivity index (χ0n) is 19.4. The van der Waals surface area contributed by atoms with Crippen LogP contribution >= 0.6 is 0 Å². The second-order valence-corrected chi connectivity index (χ2v) is 8.02. The second-order valence-electron chi connectivity index (χ2n) is 8.02. The van der Waals surface area contributed by atoms with Crippen molar-refractivity contribution < 1.29 is 14.2 Å². The van der Waals surface area contributed by atoms with Crippen LogP contribution in [0.4, 0.5) is 0 Å². The summed E-state index contributed by atoms with van der Waals surface area (Å²) in [6.45, 7) is 5.48. The highest BCUT2D eigenvalue weighted by Gasteiger charge is 2.13. The Hall–Kier alpha value is -3.14. The standard InChI is InChI=1S/C27H33NO3/c1-19(2)26-22(12-11-21-9-7-8-10-23(21)26)14-16-28(3)15-13-20-17-24(29-4)27(31-6)25(18-20)30-5/h7-13,15,17-19H,14,16H2,1-6H3. The number of hydrogen-bond donors (Lipinski definition) is 0. The van der Waals surface area contributed by atoms with Crippen molar-refractivity contribution >= 4 is 16.8 Å². The summed E-state index contributed by atoms with van der Waals surface area (Å²) in [6.07, 6.45) is 5.15. The molecule has 0 aliphatic carbocycles. The predicted molar refractivity (Wildman–Crippen MR) is 130 cm³/mol. The van der Waals surface area contributed by atoms with Gasteiger partial charge >= 0.3 is 0 Å². The molecule has 0 aliphatic rings. The monoisotopic (exact) mass is 419 g/mol. The highest BCUT2D eigenvalue weighted by atomic mass is 16.5. The van der Waals surface area contributed by atoms with Crippen LogP contribution in [0.2, 0.25) is 0 Å². The Kier molecular flexibility index (Phi) is 7.45. The molecule has 3 aromatic rings. The van der Waals surface area contributed by atoms with Gasteiger partial charge in [-0.25, -0.2) is 0 Å². The van der Waals surface area contributed by atoms with Crippen molar-refractivity contribution in [1.82, 2.24) is 4.90 Å². The molecular formula is C27H33NO3. The fourth-order valence-corrected chi connectivity index (χ4v) is 4.02. The Balaban J connectivity index is 1.76. The topological polar surface area (TPSA) is 30.9 Å². The number of rotatable bonds is 9. The van der Waals surface area contributed by atoms with E-state index in [0.29, 0.717) is 23.2 Å². The lowest BCUT2D eigenvalue weighted by Crippen LogP contribution is -2.15. The van der Waals surface area contributed by atoms with Gasteiger partial charge in [0.05, 0.1) is 21.3 Å². The van der Waals surface area contributed by atoms with E-state index >= 15 is 0 Å². The largest absolute Gasteiger partial charge is 0.493 e. The second kappa shape index (κ2) is 10.3. The lowest BCUT2D eigenvalue weighted by atomic mass is 9.90. The van der Waals surface area contributed by atoms with E-state index in [1.165, 1.54) is 21.9 Å². The minimum Gasteiger partial charge on any atom is -0.493 e. The van der Waals surface area contributed by atoms with Gasteiger partial charge in [0.15, 0.2) is 11.5 Å². The molecule has 4 nitrogen and oxygen atoms in total.